The van der Waals surface area contributed by atoms with Crippen molar-refractivity contribution >= 4 is 0 Å². The SMILES string of the molecule is Oc1ccc(CN2CCC[C@H](n3cccn3)C2)cc1. The van der Waals surface area contributed by atoms with Gasteiger partial charge in [0.1, 0.15) is 5.75 Å². The van der Waals surface area contributed by atoms with E-state index in [4.69, 9.17) is 0 Å². The van der Waals surface area contributed by atoms with Gasteiger partial charge in [0.25, 0.3) is 0 Å². The molecule has 0 saturated carbocycles. The van der Waals surface area contributed by atoms with Gasteiger partial charge in [0.15, 0.2) is 0 Å². The van der Waals surface area contributed by atoms with Crippen molar-refractivity contribution in [3.05, 3.63) is 48.3 Å². The van der Waals surface area contributed by atoms with Gasteiger partial charge in [0.2, 0.25) is 0 Å². The molecule has 100 valence electrons. The number of nitrogens with zero attached hydrogens (tertiary/aromatic N) is 3. The largest absolute Gasteiger partial charge is 0.508 e. The van der Waals surface area contributed by atoms with Crippen molar-refractivity contribution in [3.63, 3.8) is 0 Å². The predicted octanol–water partition coefficient (Wildman–Crippen LogP) is 2.43. The average molecular weight is 257 g/mol. The van der Waals surface area contributed by atoms with Crippen LogP contribution in [0.5, 0.6) is 5.75 Å². The summed E-state index contributed by atoms with van der Waals surface area (Å²) in [6.45, 7) is 3.12. The van der Waals surface area contributed by atoms with Crippen LogP contribution in [-0.2, 0) is 6.54 Å². The minimum atomic E-state index is 0.330. The second kappa shape index (κ2) is 5.45. The Balaban J connectivity index is 1.64. The van der Waals surface area contributed by atoms with Gasteiger partial charge in [-0.05, 0) is 43.1 Å². The predicted molar refractivity (Wildman–Crippen MR) is 73.9 cm³/mol. The van der Waals surface area contributed by atoms with E-state index < -0.39 is 0 Å². The van der Waals surface area contributed by atoms with Crippen molar-refractivity contribution in [1.82, 2.24) is 14.7 Å². The fraction of sp³-hybridized carbons (Fsp3) is 0.400. The van der Waals surface area contributed by atoms with Crippen molar-refractivity contribution in [2.45, 2.75) is 25.4 Å². The minimum Gasteiger partial charge on any atom is -0.508 e. The molecule has 1 aromatic heterocycles. The maximum atomic E-state index is 9.30. The Bertz CT molecular complexity index is 507. The number of hydrogen-bond acceptors (Lipinski definition) is 3. The van der Waals surface area contributed by atoms with Gasteiger partial charge in [0.05, 0.1) is 6.04 Å². The number of aromatic hydroxyl groups is 1. The molecule has 1 aliphatic heterocycles. The molecule has 1 aromatic carbocycles. The molecule has 0 bridgehead atoms. The highest BCUT2D eigenvalue weighted by Gasteiger charge is 2.21. The molecule has 1 aliphatic rings. The quantitative estimate of drug-likeness (QED) is 0.918. The van der Waals surface area contributed by atoms with Crippen LogP contribution >= 0.6 is 0 Å². The van der Waals surface area contributed by atoms with Crippen LogP contribution in [0.4, 0.5) is 0 Å². The maximum Gasteiger partial charge on any atom is 0.115 e. The molecule has 0 radical (unpaired) electrons. The van der Waals surface area contributed by atoms with Gasteiger partial charge in [-0.25, -0.2) is 0 Å². The number of aromatic nitrogens is 2. The lowest BCUT2D eigenvalue weighted by Gasteiger charge is -2.32. The smallest absolute Gasteiger partial charge is 0.115 e. The summed E-state index contributed by atoms with van der Waals surface area (Å²) in [5, 5.41) is 13.7. The van der Waals surface area contributed by atoms with Crippen LogP contribution in [0.2, 0.25) is 0 Å². The van der Waals surface area contributed by atoms with Gasteiger partial charge >= 0.3 is 0 Å². The highest BCUT2D eigenvalue weighted by atomic mass is 16.3. The first-order chi connectivity index (χ1) is 9.31. The van der Waals surface area contributed by atoms with Gasteiger partial charge in [0, 0.05) is 25.5 Å². The van der Waals surface area contributed by atoms with Crippen molar-refractivity contribution in [3.8, 4) is 5.75 Å². The van der Waals surface area contributed by atoms with E-state index in [1.54, 1.807) is 12.1 Å². The first-order valence-corrected chi connectivity index (χ1v) is 6.80. The monoisotopic (exact) mass is 257 g/mol. The Morgan fingerprint density at radius 2 is 2.11 bits per heavy atom. The Kier molecular flexibility index (Phi) is 3.51. The highest BCUT2D eigenvalue weighted by Crippen LogP contribution is 2.22. The van der Waals surface area contributed by atoms with Crippen LogP contribution < -0.4 is 0 Å². The maximum absolute atomic E-state index is 9.30. The number of rotatable bonds is 3. The lowest BCUT2D eigenvalue weighted by Crippen LogP contribution is -2.36. The van der Waals surface area contributed by atoms with Gasteiger partial charge in [-0.1, -0.05) is 12.1 Å². The van der Waals surface area contributed by atoms with E-state index in [0.717, 1.165) is 19.6 Å². The normalized spacial score (nSPS) is 20.5. The molecule has 1 fully saturated rings. The molecular weight excluding hydrogens is 238 g/mol. The zero-order valence-electron chi connectivity index (χ0n) is 10.9. The number of phenolic OH excluding ortho intramolecular Hbond substituents is 1. The van der Waals surface area contributed by atoms with E-state index in [2.05, 4.69) is 20.9 Å². The molecule has 0 amide bonds. The molecule has 4 heteroatoms. The van der Waals surface area contributed by atoms with Gasteiger partial charge in [-0.2, -0.15) is 5.10 Å². The van der Waals surface area contributed by atoms with Crippen LogP contribution in [0.15, 0.2) is 42.7 Å². The third-order valence-corrected chi connectivity index (χ3v) is 3.72. The molecule has 2 heterocycles. The molecule has 0 unspecified atom stereocenters. The van der Waals surface area contributed by atoms with Crippen LogP contribution in [0, 0.1) is 0 Å². The second-order valence-corrected chi connectivity index (χ2v) is 5.18. The molecule has 0 aliphatic carbocycles. The standard InChI is InChI=1S/C15H19N3O/c19-15-6-4-13(5-7-15)11-17-9-1-3-14(12-17)18-10-2-8-16-18/h2,4-8,10,14,19H,1,3,9,11-12H2/t14-/m0/s1. The molecular formula is C15H19N3O. The third-order valence-electron chi connectivity index (χ3n) is 3.72. The highest BCUT2D eigenvalue weighted by molar-refractivity contribution is 5.25. The molecule has 0 spiro atoms. The van der Waals surface area contributed by atoms with Gasteiger partial charge in [-0.15, -0.1) is 0 Å². The van der Waals surface area contributed by atoms with E-state index in [-0.39, 0.29) is 0 Å². The average Bonchev–Trinajstić information content (AvgIpc) is 2.96. The minimum absolute atomic E-state index is 0.330. The van der Waals surface area contributed by atoms with E-state index in [1.807, 2.05) is 24.4 Å². The van der Waals surface area contributed by atoms with Gasteiger partial charge in [-0.3, -0.25) is 9.58 Å². The number of piperidine rings is 1. The Morgan fingerprint density at radius 1 is 1.26 bits per heavy atom. The van der Waals surface area contributed by atoms with Crippen LogP contribution in [0.3, 0.4) is 0 Å². The van der Waals surface area contributed by atoms with E-state index in [9.17, 15) is 5.11 Å². The Morgan fingerprint density at radius 3 is 2.84 bits per heavy atom. The fourth-order valence-electron chi connectivity index (χ4n) is 2.75. The fourth-order valence-corrected chi connectivity index (χ4v) is 2.75. The molecule has 2 aromatic rings. The molecule has 3 rings (SSSR count). The summed E-state index contributed by atoms with van der Waals surface area (Å²) in [5.41, 5.74) is 1.25. The van der Waals surface area contributed by atoms with E-state index in [0.29, 0.717) is 11.8 Å². The Hall–Kier alpha value is -1.81. The van der Waals surface area contributed by atoms with Crippen molar-refractivity contribution < 1.29 is 5.11 Å². The summed E-state index contributed by atoms with van der Waals surface area (Å²) in [6.07, 6.45) is 6.31. The first kappa shape index (κ1) is 12.2. The number of benzene rings is 1. The zero-order chi connectivity index (χ0) is 13.1. The van der Waals surface area contributed by atoms with E-state index >= 15 is 0 Å². The van der Waals surface area contributed by atoms with Crippen molar-refractivity contribution in [1.29, 1.82) is 0 Å². The molecule has 19 heavy (non-hydrogen) atoms. The van der Waals surface area contributed by atoms with Gasteiger partial charge < -0.3 is 5.11 Å². The summed E-state index contributed by atoms with van der Waals surface area (Å²) in [5.74, 6) is 0.330. The Labute approximate surface area is 113 Å². The summed E-state index contributed by atoms with van der Waals surface area (Å²) >= 11 is 0. The zero-order valence-corrected chi connectivity index (χ0v) is 10.9. The lowest BCUT2D eigenvalue weighted by molar-refractivity contribution is 0.163. The third kappa shape index (κ3) is 2.96. The van der Waals surface area contributed by atoms with Crippen molar-refractivity contribution in [2.24, 2.45) is 0 Å². The number of hydrogen-bond donors (Lipinski definition) is 1. The molecule has 1 atom stereocenters. The number of phenols is 1. The van der Waals surface area contributed by atoms with Crippen molar-refractivity contribution in [2.75, 3.05) is 13.1 Å². The molecule has 1 saturated heterocycles. The van der Waals surface area contributed by atoms with Crippen LogP contribution in [0.1, 0.15) is 24.4 Å². The summed E-state index contributed by atoms with van der Waals surface area (Å²) in [7, 11) is 0. The summed E-state index contributed by atoms with van der Waals surface area (Å²) in [4.78, 5) is 2.46. The van der Waals surface area contributed by atoms with Crippen LogP contribution in [-0.4, -0.2) is 32.9 Å². The first-order valence-electron chi connectivity index (χ1n) is 6.80. The number of likely N-dealkylation sites (tertiary alicyclic amines) is 1. The molecule has 1 N–H and O–H groups in total. The summed E-state index contributed by atoms with van der Waals surface area (Å²) < 4.78 is 2.07. The second-order valence-electron chi connectivity index (χ2n) is 5.18. The van der Waals surface area contributed by atoms with E-state index in [1.165, 1.54) is 18.4 Å². The molecule has 4 nitrogen and oxygen atoms in total. The lowest BCUT2D eigenvalue weighted by atomic mass is 10.0. The topological polar surface area (TPSA) is 41.3 Å². The van der Waals surface area contributed by atoms with Crippen LogP contribution in [0.25, 0.3) is 0 Å². The summed E-state index contributed by atoms with van der Waals surface area (Å²) in [6, 6.07) is 9.97.